The highest BCUT2D eigenvalue weighted by Crippen LogP contribution is 2.33. The maximum Gasteiger partial charge on any atom is 0.189 e. The second-order valence-corrected chi connectivity index (χ2v) is 3.91. The maximum atomic E-state index is 5.48. The van der Waals surface area contributed by atoms with Crippen LogP contribution in [0.4, 0.5) is 0 Å². The van der Waals surface area contributed by atoms with Gasteiger partial charge >= 0.3 is 0 Å². The summed E-state index contributed by atoms with van der Waals surface area (Å²) in [7, 11) is 0. The first-order valence-corrected chi connectivity index (χ1v) is 5.15. The predicted molar refractivity (Wildman–Crippen MR) is 53.1 cm³/mol. The first-order valence-electron chi connectivity index (χ1n) is 4.36. The van der Waals surface area contributed by atoms with Crippen molar-refractivity contribution < 1.29 is 9.47 Å². The van der Waals surface area contributed by atoms with E-state index in [9.17, 15) is 0 Å². The Kier molecular flexibility index (Phi) is 2.67. The van der Waals surface area contributed by atoms with Crippen LogP contribution in [0.2, 0.25) is 0 Å². The maximum absolute atomic E-state index is 5.48. The molecule has 0 radical (unpaired) electrons. The molecule has 3 heteroatoms. The third-order valence-corrected chi connectivity index (χ3v) is 2.55. The fraction of sp³-hybridized carbons (Fsp3) is 0.400. The Balaban J connectivity index is 1.99. The van der Waals surface area contributed by atoms with Crippen LogP contribution in [0.3, 0.4) is 0 Å². The van der Waals surface area contributed by atoms with Crippen molar-refractivity contribution in [1.29, 1.82) is 0 Å². The van der Waals surface area contributed by atoms with Crippen LogP contribution in [0.5, 0.6) is 0 Å². The van der Waals surface area contributed by atoms with Crippen LogP contribution in [0.1, 0.15) is 25.2 Å². The minimum Gasteiger partial charge on any atom is -0.319 e. The normalized spacial score (nSPS) is 26.9. The van der Waals surface area contributed by atoms with Gasteiger partial charge in [-0.3, -0.25) is 0 Å². The van der Waals surface area contributed by atoms with E-state index in [2.05, 4.69) is 15.9 Å². The van der Waals surface area contributed by atoms with E-state index in [0.717, 1.165) is 16.5 Å². The van der Waals surface area contributed by atoms with Gasteiger partial charge in [0.2, 0.25) is 0 Å². The fourth-order valence-corrected chi connectivity index (χ4v) is 1.52. The van der Waals surface area contributed by atoms with Gasteiger partial charge in [0.15, 0.2) is 12.6 Å². The molecule has 0 aliphatic carbocycles. The number of hydrogen-bond acceptors (Lipinski definition) is 2. The van der Waals surface area contributed by atoms with E-state index in [1.165, 1.54) is 0 Å². The molecular formula is C10H11BrO2. The van der Waals surface area contributed by atoms with Crippen molar-refractivity contribution in [3.63, 3.8) is 0 Å². The molecule has 0 N–H and O–H groups in total. The van der Waals surface area contributed by atoms with Gasteiger partial charge in [0.05, 0.1) is 0 Å². The van der Waals surface area contributed by atoms with Crippen LogP contribution in [-0.2, 0) is 9.47 Å². The minimum atomic E-state index is -0.155. The lowest BCUT2D eigenvalue weighted by Crippen LogP contribution is -2.33. The lowest BCUT2D eigenvalue weighted by Gasteiger charge is -2.35. The molecule has 0 aromatic heterocycles. The minimum absolute atomic E-state index is 0.00588. The third kappa shape index (κ3) is 1.93. The van der Waals surface area contributed by atoms with Crippen LogP contribution in [0.15, 0.2) is 28.7 Å². The van der Waals surface area contributed by atoms with Crippen LogP contribution in [0, 0.1) is 0 Å². The quantitative estimate of drug-likeness (QED) is 0.793. The summed E-state index contributed by atoms with van der Waals surface area (Å²) < 4.78 is 12.0. The van der Waals surface area contributed by atoms with Gasteiger partial charge in [-0.2, -0.15) is 0 Å². The largest absolute Gasteiger partial charge is 0.319 e. The first kappa shape index (κ1) is 9.19. The molecule has 1 aromatic rings. The zero-order chi connectivity index (χ0) is 9.26. The summed E-state index contributed by atoms with van der Waals surface area (Å²) in [5.41, 5.74) is 1.08. The molecule has 1 aromatic carbocycles. The Labute approximate surface area is 86.0 Å². The third-order valence-electron chi connectivity index (χ3n) is 2.03. The molecule has 0 saturated carbocycles. The molecule has 2 nitrogen and oxygen atoms in total. The van der Waals surface area contributed by atoms with E-state index in [-0.39, 0.29) is 12.6 Å². The van der Waals surface area contributed by atoms with Gasteiger partial charge in [-0.1, -0.05) is 35.0 Å². The molecular weight excluding hydrogens is 232 g/mol. The molecule has 0 bridgehead atoms. The zero-order valence-corrected chi connectivity index (χ0v) is 8.95. The lowest BCUT2D eigenvalue weighted by molar-refractivity contribution is -0.390. The fourth-order valence-electron chi connectivity index (χ4n) is 1.26. The van der Waals surface area contributed by atoms with Gasteiger partial charge in [-0.25, -0.2) is 0 Å². The van der Waals surface area contributed by atoms with Gasteiger partial charge in [0.25, 0.3) is 0 Å². The molecule has 1 aliphatic heterocycles. The van der Waals surface area contributed by atoms with Crippen LogP contribution in [-0.4, -0.2) is 6.29 Å². The molecule has 0 atom stereocenters. The highest BCUT2D eigenvalue weighted by atomic mass is 79.9. The van der Waals surface area contributed by atoms with Crippen molar-refractivity contribution >= 4 is 15.9 Å². The van der Waals surface area contributed by atoms with Crippen molar-refractivity contribution in [3.8, 4) is 0 Å². The Hall–Kier alpha value is -0.380. The van der Waals surface area contributed by atoms with E-state index in [1.54, 1.807) is 0 Å². The first-order chi connectivity index (χ1) is 6.29. The van der Waals surface area contributed by atoms with E-state index in [1.807, 2.05) is 31.2 Å². The molecule has 1 fully saturated rings. The SMILES string of the molecule is CCC1OC(c2ccc(Br)cc2)O1. The van der Waals surface area contributed by atoms with Gasteiger partial charge in [-0.15, -0.1) is 0 Å². The second kappa shape index (κ2) is 3.78. The second-order valence-electron chi connectivity index (χ2n) is 2.99. The summed E-state index contributed by atoms with van der Waals surface area (Å²) in [5.74, 6) is 0. The summed E-state index contributed by atoms with van der Waals surface area (Å²) in [6.07, 6.45) is 0.749. The zero-order valence-electron chi connectivity index (χ0n) is 7.37. The number of rotatable bonds is 2. The lowest BCUT2D eigenvalue weighted by atomic mass is 10.2. The van der Waals surface area contributed by atoms with Gasteiger partial charge < -0.3 is 9.47 Å². The molecule has 0 amide bonds. The van der Waals surface area contributed by atoms with Crippen molar-refractivity contribution in [1.82, 2.24) is 0 Å². The number of ether oxygens (including phenoxy) is 2. The highest BCUT2D eigenvalue weighted by Gasteiger charge is 2.30. The molecule has 70 valence electrons. The summed E-state index contributed by atoms with van der Waals surface area (Å²) in [5, 5.41) is 0. The Bertz CT molecular complexity index is 277. The van der Waals surface area contributed by atoms with E-state index < -0.39 is 0 Å². The summed E-state index contributed by atoms with van der Waals surface area (Å²) in [6, 6.07) is 7.98. The molecule has 2 rings (SSSR count). The van der Waals surface area contributed by atoms with Gasteiger partial charge in [0.1, 0.15) is 0 Å². The number of hydrogen-bond donors (Lipinski definition) is 0. The average molecular weight is 243 g/mol. The highest BCUT2D eigenvalue weighted by molar-refractivity contribution is 9.10. The van der Waals surface area contributed by atoms with Crippen molar-refractivity contribution in [3.05, 3.63) is 34.3 Å². The average Bonchev–Trinajstić information content (AvgIpc) is 2.06. The van der Waals surface area contributed by atoms with E-state index in [0.29, 0.717) is 0 Å². The van der Waals surface area contributed by atoms with Crippen LogP contribution >= 0.6 is 15.9 Å². The molecule has 13 heavy (non-hydrogen) atoms. The van der Waals surface area contributed by atoms with Gasteiger partial charge in [-0.05, 0) is 18.6 Å². The summed E-state index contributed by atoms with van der Waals surface area (Å²) in [4.78, 5) is 0. The van der Waals surface area contributed by atoms with Crippen molar-refractivity contribution in [2.45, 2.75) is 25.9 Å². The molecule has 1 aliphatic rings. The molecule has 0 spiro atoms. The van der Waals surface area contributed by atoms with E-state index in [4.69, 9.17) is 9.47 Å². The summed E-state index contributed by atoms with van der Waals surface area (Å²) in [6.45, 7) is 2.04. The standard InChI is InChI=1S/C10H11BrO2/c1-2-9-12-10(13-9)7-3-5-8(11)6-4-7/h3-6,9-10H,2H2,1H3. The smallest absolute Gasteiger partial charge is 0.189 e. The molecule has 0 unspecified atom stereocenters. The molecule has 1 saturated heterocycles. The monoisotopic (exact) mass is 242 g/mol. The predicted octanol–water partition coefficient (Wildman–Crippen LogP) is 3.23. The topological polar surface area (TPSA) is 18.5 Å². The summed E-state index contributed by atoms with van der Waals surface area (Å²) >= 11 is 3.38. The van der Waals surface area contributed by atoms with Gasteiger partial charge in [0, 0.05) is 10.0 Å². The number of benzene rings is 1. The van der Waals surface area contributed by atoms with Crippen LogP contribution in [0.25, 0.3) is 0 Å². The van der Waals surface area contributed by atoms with Crippen molar-refractivity contribution in [2.75, 3.05) is 0 Å². The van der Waals surface area contributed by atoms with Crippen LogP contribution < -0.4 is 0 Å². The molecule has 1 heterocycles. The van der Waals surface area contributed by atoms with Crippen molar-refractivity contribution in [2.24, 2.45) is 0 Å². The Morgan fingerprint density at radius 1 is 1.23 bits per heavy atom. The van der Waals surface area contributed by atoms with E-state index >= 15 is 0 Å². The number of halogens is 1. The Morgan fingerprint density at radius 3 is 2.38 bits per heavy atom. The Morgan fingerprint density at radius 2 is 1.85 bits per heavy atom.